The van der Waals surface area contributed by atoms with Crippen LogP contribution in [0.5, 0.6) is 0 Å². The topological polar surface area (TPSA) is 65.1 Å². The maximum atomic E-state index is 12.3. The standard InChI is InChI=1S/C16H30N4O3/c1-5-23-14(21)13(2)17-15(22)20-8-6-16(7-9-20)12-18(3)10-11-19(16)4/h13H,5-12H2,1-4H3,(H,17,22)/t13-/m1/s1. The molecule has 2 amide bonds. The van der Waals surface area contributed by atoms with Gasteiger partial charge in [-0.05, 0) is 40.8 Å². The zero-order valence-corrected chi connectivity index (χ0v) is 14.8. The first kappa shape index (κ1) is 18.0. The highest BCUT2D eigenvalue weighted by molar-refractivity contribution is 5.83. The maximum absolute atomic E-state index is 12.3. The largest absolute Gasteiger partial charge is 0.464 e. The molecule has 132 valence electrons. The Balaban J connectivity index is 1.86. The fourth-order valence-corrected chi connectivity index (χ4v) is 3.53. The number of piperazine rings is 1. The predicted octanol–water partition coefficient (Wildman–Crippen LogP) is 0.359. The van der Waals surface area contributed by atoms with Crippen LogP contribution in [0.2, 0.25) is 0 Å². The summed E-state index contributed by atoms with van der Waals surface area (Å²) in [6, 6.07) is -0.783. The second kappa shape index (κ2) is 7.49. The summed E-state index contributed by atoms with van der Waals surface area (Å²) in [7, 11) is 4.35. The van der Waals surface area contributed by atoms with Gasteiger partial charge in [0, 0.05) is 38.3 Å². The van der Waals surface area contributed by atoms with Crippen molar-refractivity contribution >= 4 is 12.0 Å². The summed E-state index contributed by atoms with van der Waals surface area (Å²) in [5.41, 5.74) is 0.177. The van der Waals surface area contributed by atoms with Gasteiger partial charge in [-0.2, -0.15) is 0 Å². The quantitative estimate of drug-likeness (QED) is 0.759. The highest BCUT2D eigenvalue weighted by atomic mass is 16.5. The lowest BCUT2D eigenvalue weighted by Gasteiger charge is -2.52. The molecule has 23 heavy (non-hydrogen) atoms. The summed E-state index contributed by atoms with van der Waals surface area (Å²) in [5, 5.41) is 2.73. The number of carbonyl (C=O) groups excluding carboxylic acids is 2. The zero-order chi connectivity index (χ0) is 17.0. The van der Waals surface area contributed by atoms with E-state index in [0.717, 1.165) is 45.6 Å². The highest BCUT2D eigenvalue weighted by Gasteiger charge is 2.42. The van der Waals surface area contributed by atoms with E-state index in [1.807, 2.05) is 4.90 Å². The molecule has 0 saturated carbocycles. The summed E-state index contributed by atoms with van der Waals surface area (Å²) in [4.78, 5) is 30.6. The minimum atomic E-state index is -0.609. The van der Waals surface area contributed by atoms with E-state index in [1.165, 1.54) is 0 Å². The number of rotatable bonds is 3. The first-order chi connectivity index (χ1) is 10.9. The van der Waals surface area contributed by atoms with E-state index in [1.54, 1.807) is 13.8 Å². The van der Waals surface area contributed by atoms with Crippen LogP contribution < -0.4 is 5.32 Å². The average molecular weight is 326 g/mol. The number of likely N-dealkylation sites (N-methyl/N-ethyl adjacent to an activating group) is 2. The number of likely N-dealkylation sites (tertiary alicyclic amines) is 1. The Morgan fingerprint density at radius 1 is 1.17 bits per heavy atom. The van der Waals surface area contributed by atoms with Crippen molar-refractivity contribution in [3.63, 3.8) is 0 Å². The Hall–Kier alpha value is -1.34. The minimum absolute atomic E-state index is 0.174. The van der Waals surface area contributed by atoms with Crippen LogP contribution >= 0.6 is 0 Å². The maximum Gasteiger partial charge on any atom is 0.328 e. The lowest BCUT2D eigenvalue weighted by Crippen LogP contribution is -2.64. The summed E-state index contributed by atoms with van der Waals surface area (Å²) < 4.78 is 4.92. The van der Waals surface area contributed by atoms with Gasteiger partial charge in [-0.15, -0.1) is 0 Å². The summed E-state index contributed by atoms with van der Waals surface area (Å²) in [5.74, 6) is -0.386. The van der Waals surface area contributed by atoms with Crippen LogP contribution in [0.4, 0.5) is 4.79 Å². The molecular formula is C16H30N4O3. The van der Waals surface area contributed by atoms with Crippen LogP contribution in [0.25, 0.3) is 0 Å². The first-order valence-corrected chi connectivity index (χ1v) is 8.50. The number of carbonyl (C=O) groups is 2. The van der Waals surface area contributed by atoms with Gasteiger partial charge in [0.2, 0.25) is 0 Å². The van der Waals surface area contributed by atoms with Crippen LogP contribution in [0, 0.1) is 0 Å². The molecular weight excluding hydrogens is 296 g/mol. The van der Waals surface area contributed by atoms with E-state index >= 15 is 0 Å². The van der Waals surface area contributed by atoms with Crippen molar-refractivity contribution in [1.82, 2.24) is 20.0 Å². The lowest BCUT2D eigenvalue weighted by molar-refractivity contribution is -0.144. The number of hydrogen-bond donors (Lipinski definition) is 1. The van der Waals surface area contributed by atoms with E-state index in [9.17, 15) is 9.59 Å². The van der Waals surface area contributed by atoms with E-state index in [4.69, 9.17) is 4.74 Å². The molecule has 2 aliphatic rings. The van der Waals surface area contributed by atoms with Crippen LogP contribution in [-0.4, -0.2) is 91.7 Å². The molecule has 1 atom stereocenters. The molecule has 2 rings (SSSR count). The second-order valence-electron chi connectivity index (χ2n) is 6.79. The Morgan fingerprint density at radius 3 is 2.43 bits per heavy atom. The van der Waals surface area contributed by atoms with Gasteiger partial charge in [0.1, 0.15) is 6.04 Å². The minimum Gasteiger partial charge on any atom is -0.464 e. The third-order valence-electron chi connectivity index (χ3n) is 5.15. The molecule has 0 bridgehead atoms. The molecule has 1 spiro atoms. The van der Waals surface area contributed by atoms with Crippen LogP contribution in [0.15, 0.2) is 0 Å². The number of urea groups is 1. The molecule has 2 saturated heterocycles. The molecule has 0 aromatic rings. The Bertz CT molecular complexity index is 435. The molecule has 2 heterocycles. The Labute approximate surface area is 138 Å². The first-order valence-electron chi connectivity index (χ1n) is 8.50. The molecule has 7 heteroatoms. The van der Waals surface area contributed by atoms with Gasteiger partial charge in [0.25, 0.3) is 0 Å². The third kappa shape index (κ3) is 4.14. The molecule has 0 aliphatic carbocycles. The smallest absolute Gasteiger partial charge is 0.328 e. The van der Waals surface area contributed by atoms with Gasteiger partial charge in [0.05, 0.1) is 6.61 Å². The highest BCUT2D eigenvalue weighted by Crippen LogP contribution is 2.31. The molecule has 0 aromatic heterocycles. The van der Waals surface area contributed by atoms with Crippen molar-refractivity contribution in [1.29, 1.82) is 0 Å². The Kier molecular flexibility index (Phi) is 5.86. The van der Waals surface area contributed by atoms with E-state index in [2.05, 4.69) is 29.2 Å². The van der Waals surface area contributed by atoms with Gasteiger partial charge in [-0.1, -0.05) is 0 Å². The van der Waals surface area contributed by atoms with E-state index < -0.39 is 6.04 Å². The van der Waals surface area contributed by atoms with Gasteiger partial charge in [-0.3, -0.25) is 4.90 Å². The number of piperidine rings is 1. The molecule has 7 nitrogen and oxygen atoms in total. The van der Waals surface area contributed by atoms with Crippen molar-refractivity contribution in [2.75, 3.05) is 53.4 Å². The summed E-state index contributed by atoms with van der Waals surface area (Å²) in [6.07, 6.45) is 1.93. The lowest BCUT2D eigenvalue weighted by atomic mass is 9.84. The molecule has 0 unspecified atom stereocenters. The van der Waals surface area contributed by atoms with Crippen molar-refractivity contribution < 1.29 is 14.3 Å². The molecule has 2 aliphatic heterocycles. The summed E-state index contributed by atoms with van der Waals surface area (Å²) in [6.45, 7) is 8.41. The van der Waals surface area contributed by atoms with Crippen molar-refractivity contribution in [2.24, 2.45) is 0 Å². The fraction of sp³-hybridized carbons (Fsp3) is 0.875. The second-order valence-corrected chi connectivity index (χ2v) is 6.79. The monoisotopic (exact) mass is 326 g/mol. The number of nitrogens with zero attached hydrogens (tertiary/aromatic N) is 3. The number of ether oxygens (including phenoxy) is 1. The van der Waals surface area contributed by atoms with Gasteiger partial charge in [-0.25, -0.2) is 9.59 Å². The van der Waals surface area contributed by atoms with Crippen LogP contribution in [0.3, 0.4) is 0 Å². The number of amides is 2. The molecule has 0 aromatic carbocycles. The Morgan fingerprint density at radius 2 is 1.83 bits per heavy atom. The van der Waals surface area contributed by atoms with Gasteiger partial charge >= 0.3 is 12.0 Å². The van der Waals surface area contributed by atoms with E-state index in [-0.39, 0.29) is 17.5 Å². The predicted molar refractivity (Wildman–Crippen MR) is 88.3 cm³/mol. The van der Waals surface area contributed by atoms with Crippen molar-refractivity contribution in [3.05, 3.63) is 0 Å². The fourth-order valence-electron chi connectivity index (χ4n) is 3.53. The summed E-state index contributed by atoms with van der Waals surface area (Å²) >= 11 is 0. The van der Waals surface area contributed by atoms with E-state index in [0.29, 0.717) is 6.61 Å². The average Bonchev–Trinajstić information content (AvgIpc) is 2.52. The van der Waals surface area contributed by atoms with Crippen LogP contribution in [0.1, 0.15) is 26.7 Å². The molecule has 2 fully saturated rings. The van der Waals surface area contributed by atoms with Crippen molar-refractivity contribution in [2.45, 2.75) is 38.3 Å². The van der Waals surface area contributed by atoms with Gasteiger partial charge in [0.15, 0.2) is 0 Å². The van der Waals surface area contributed by atoms with Crippen molar-refractivity contribution in [3.8, 4) is 0 Å². The third-order valence-corrected chi connectivity index (χ3v) is 5.15. The molecule has 1 N–H and O–H groups in total. The zero-order valence-electron chi connectivity index (χ0n) is 14.8. The molecule has 0 radical (unpaired) electrons. The van der Waals surface area contributed by atoms with Gasteiger partial charge < -0.3 is 19.9 Å². The number of esters is 1. The number of nitrogens with one attached hydrogen (secondary N) is 1. The van der Waals surface area contributed by atoms with Crippen LogP contribution in [-0.2, 0) is 9.53 Å². The number of hydrogen-bond acceptors (Lipinski definition) is 5. The normalized spacial score (nSPS) is 23.6. The SMILES string of the molecule is CCOC(=O)[C@@H](C)NC(=O)N1CCC2(CC1)CN(C)CCN2C.